The zero-order valence-electron chi connectivity index (χ0n) is 12.3. The summed E-state index contributed by atoms with van der Waals surface area (Å²) in [6.07, 6.45) is 0. The zero-order valence-corrected chi connectivity index (χ0v) is 12.3. The van der Waals surface area contributed by atoms with Crippen LogP contribution >= 0.6 is 0 Å². The van der Waals surface area contributed by atoms with Crippen molar-refractivity contribution in [3.63, 3.8) is 0 Å². The maximum atomic E-state index is 12.4. The van der Waals surface area contributed by atoms with E-state index in [1.165, 1.54) is 13.2 Å². The first-order chi connectivity index (χ1) is 9.56. The van der Waals surface area contributed by atoms with Crippen LogP contribution < -0.4 is 4.74 Å². The number of phenols is 1. The van der Waals surface area contributed by atoms with Gasteiger partial charge in [-0.2, -0.15) is 0 Å². The van der Waals surface area contributed by atoms with Gasteiger partial charge in [0.2, 0.25) is 0 Å². The van der Waals surface area contributed by atoms with Crippen LogP contribution in [0.4, 0.5) is 0 Å². The lowest BCUT2D eigenvalue weighted by Gasteiger charge is -2.39. The summed E-state index contributed by atoms with van der Waals surface area (Å²) in [7, 11) is 1.49. The maximum Gasteiger partial charge on any atom is 0.254 e. The van der Waals surface area contributed by atoms with Crippen LogP contribution in [0.3, 0.4) is 0 Å². The number of nitrogens with zero attached hydrogens (tertiary/aromatic N) is 2. The Hall–Kier alpha value is -1.75. The molecule has 0 radical (unpaired) electrons. The first kappa shape index (κ1) is 14.7. The van der Waals surface area contributed by atoms with Gasteiger partial charge < -0.3 is 14.7 Å². The van der Waals surface area contributed by atoms with E-state index in [0.29, 0.717) is 17.4 Å². The van der Waals surface area contributed by atoms with Crippen LogP contribution in [0.5, 0.6) is 11.5 Å². The molecule has 1 N–H and O–H groups in total. The van der Waals surface area contributed by atoms with E-state index in [0.717, 1.165) is 26.2 Å². The fourth-order valence-electron chi connectivity index (χ4n) is 2.66. The molecule has 1 amide bonds. The van der Waals surface area contributed by atoms with E-state index < -0.39 is 0 Å². The highest BCUT2D eigenvalue weighted by Crippen LogP contribution is 2.27. The molecule has 1 aliphatic rings. The number of carbonyl (C=O) groups is 1. The van der Waals surface area contributed by atoms with Gasteiger partial charge in [-0.05, 0) is 31.7 Å². The molecular weight excluding hydrogens is 256 g/mol. The first-order valence-electron chi connectivity index (χ1n) is 6.97. The predicted octanol–water partition coefficient (Wildman–Crippen LogP) is 1.57. The number of hydrogen-bond donors (Lipinski definition) is 1. The Labute approximate surface area is 119 Å². The minimum absolute atomic E-state index is 0.00130. The van der Waals surface area contributed by atoms with Crippen LogP contribution in [0.1, 0.15) is 24.2 Å². The highest BCUT2D eigenvalue weighted by atomic mass is 16.5. The molecule has 2 rings (SSSR count). The number of likely N-dealkylation sites (N-methyl/N-ethyl adjacent to an activating group) is 1. The monoisotopic (exact) mass is 278 g/mol. The summed E-state index contributed by atoms with van der Waals surface area (Å²) in [5, 5.41) is 9.77. The van der Waals surface area contributed by atoms with Gasteiger partial charge in [-0.3, -0.25) is 9.69 Å². The third-order valence-corrected chi connectivity index (χ3v) is 3.88. The first-order valence-corrected chi connectivity index (χ1v) is 6.97. The molecule has 20 heavy (non-hydrogen) atoms. The van der Waals surface area contributed by atoms with Crippen molar-refractivity contribution in [3.8, 4) is 11.5 Å². The van der Waals surface area contributed by atoms with Crippen LogP contribution in [-0.2, 0) is 0 Å². The summed E-state index contributed by atoms with van der Waals surface area (Å²) in [4.78, 5) is 16.6. The van der Waals surface area contributed by atoms with Crippen LogP contribution in [-0.4, -0.2) is 60.1 Å². The summed E-state index contributed by atoms with van der Waals surface area (Å²) in [5.74, 6) is 0.342. The molecule has 1 aliphatic heterocycles. The maximum absolute atomic E-state index is 12.4. The van der Waals surface area contributed by atoms with Crippen molar-refractivity contribution in [2.24, 2.45) is 0 Å². The molecule has 5 heteroatoms. The molecule has 110 valence electrons. The van der Waals surface area contributed by atoms with Crippen molar-refractivity contribution in [1.29, 1.82) is 0 Å². The lowest BCUT2D eigenvalue weighted by molar-refractivity contribution is 0.0528. The van der Waals surface area contributed by atoms with Gasteiger partial charge in [0.25, 0.3) is 5.91 Å². The Kier molecular flexibility index (Phi) is 4.49. The van der Waals surface area contributed by atoms with E-state index in [1.807, 2.05) is 4.90 Å². The number of hydrogen-bond acceptors (Lipinski definition) is 4. The number of rotatable bonds is 3. The van der Waals surface area contributed by atoms with Crippen molar-refractivity contribution in [2.75, 3.05) is 33.3 Å². The summed E-state index contributed by atoms with van der Waals surface area (Å²) in [6.45, 7) is 7.62. The molecular formula is C15H22N2O3. The second-order valence-electron chi connectivity index (χ2n) is 5.12. The number of carbonyl (C=O) groups excluding carboxylic acids is 1. The van der Waals surface area contributed by atoms with Gasteiger partial charge in [-0.25, -0.2) is 0 Å². The number of aromatic hydroxyl groups is 1. The topological polar surface area (TPSA) is 53.0 Å². The van der Waals surface area contributed by atoms with Crippen LogP contribution in [0.15, 0.2) is 18.2 Å². The SMILES string of the molecule is CCN1CCN(C(=O)c2ccc(OC)c(O)c2)CC1C. The Morgan fingerprint density at radius 3 is 2.75 bits per heavy atom. The zero-order chi connectivity index (χ0) is 14.7. The molecule has 1 fully saturated rings. The average Bonchev–Trinajstić information content (AvgIpc) is 2.46. The molecule has 0 bridgehead atoms. The molecule has 1 heterocycles. The van der Waals surface area contributed by atoms with E-state index in [9.17, 15) is 9.90 Å². The van der Waals surface area contributed by atoms with Gasteiger partial charge in [-0.15, -0.1) is 0 Å². The van der Waals surface area contributed by atoms with Gasteiger partial charge in [0.1, 0.15) is 0 Å². The molecule has 1 saturated heterocycles. The summed E-state index contributed by atoms with van der Waals surface area (Å²) in [5.41, 5.74) is 0.500. The summed E-state index contributed by atoms with van der Waals surface area (Å²) >= 11 is 0. The van der Waals surface area contributed by atoms with E-state index in [-0.39, 0.29) is 11.7 Å². The lowest BCUT2D eigenvalue weighted by Crippen LogP contribution is -2.53. The number of piperazine rings is 1. The third kappa shape index (κ3) is 2.88. The highest BCUT2D eigenvalue weighted by molar-refractivity contribution is 5.95. The van der Waals surface area contributed by atoms with Crippen molar-refractivity contribution >= 4 is 5.91 Å². The number of amides is 1. The summed E-state index contributed by atoms with van der Waals surface area (Å²) in [6, 6.07) is 5.15. The van der Waals surface area contributed by atoms with E-state index >= 15 is 0 Å². The van der Waals surface area contributed by atoms with Gasteiger partial charge in [0.15, 0.2) is 11.5 Å². The lowest BCUT2D eigenvalue weighted by atomic mass is 10.1. The van der Waals surface area contributed by atoms with Crippen molar-refractivity contribution < 1.29 is 14.6 Å². The molecule has 5 nitrogen and oxygen atoms in total. The largest absolute Gasteiger partial charge is 0.504 e. The molecule has 0 saturated carbocycles. The minimum atomic E-state index is -0.0365. The Bertz CT molecular complexity index is 490. The Morgan fingerprint density at radius 1 is 1.45 bits per heavy atom. The fraction of sp³-hybridized carbons (Fsp3) is 0.533. The Balaban J connectivity index is 2.10. The van der Waals surface area contributed by atoms with Gasteiger partial charge in [0, 0.05) is 31.2 Å². The van der Waals surface area contributed by atoms with E-state index in [1.54, 1.807) is 12.1 Å². The van der Waals surface area contributed by atoms with Crippen LogP contribution in [0.2, 0.25) is 0 Å². The molecule has 1 atom stereocenters. The number of benzene rings is 1. The molecule has 0 aliphatic carbocycles. The second-order valence-corrected chi connectivity index (χ2v) is 5.12. The quantitative estimate of drug-likeness (QED) is 0.912. The van der Waals surface area contributed by atoms with Crippen molar-refractivity contribution in [2.45, 2.75) is 19.9 Å². The van der Waals surface area contributed by atoms with Crippen LogP contribution in [0, 0.1) is 0 Å². The molecule has 1 aromatic rings. The number of methoxy groups -OCH3 is 1. The van der Waals surface area contributed by atoms with Crippen molar-refractivity contribution in [3.05, 3.63) is 23.8 Å². The van der Waals surface area contributed by atoms with E-state index in [2.05, 4.69) is 18.7 Å². The average molecular weight is 278 g/mol. The molecule has 1 unspecified atom stereocenters. The van der Waals surface area contributed by atoms with Crippen LogP contribution in [0.25, 0.3) is 0 Å². The summed E-state index contributed by atoms with van der Waals surface area (Å²) < 4.78 is 4.99. The normalized spacial score (nSPS) is 19.9. The fourth-order valence-corrected chi connectivity index (χ4v) is 2.66. The molecule has 0 aromatic heterocycles. The molecule has 0 spiro atoms. The highest BCUT2D eigenvalue weighted by Gasteiger charge is 2.26. The minimum Gasteiger partial charge on any atom is -0.504 e. The van der Waals surface area contributed by atoms with E-state index in [4.69, 9.17) is 4.74 Å². The van der Waals surface area contributed by atoms with Crippen molar-refractivity contribution in [1.82, 2.24) is 9.80 Å². The second kappa shape index (κ2) is 6.13. The Morgan fingerprint density at radius 2 is 2.20 bits per heavy atom. The van der Waals surface area contributed by atoms with Gasteiger partial charge in [-0.1, -0.05) is 6.92 Å². The number of phenolic OH excluding ortho intramolecular Hbond substituents is 1. The number of ether oxygens (including phenoxy) is 1. The third-order valence-electron chi connectivity index (χ3n) is 3.88. The predicted molar refractivity (Wildman–Crippen MR) is 77.3 cm³/mol. The van der Waals surface area contributed by atoms with Gasteiger partial charge in [0.05, 0.1) is 7.11 Å². The standard InChI is InChI=1S/C15H22N2O3/c1-4-16-7-8-17(10-11(16)2)15(19)12-5-6-14(20-3)13(18)9-12/h5-6,9,11,18H,4,7-8,10H2,1-3H3. The molecule has 1 aromatic carbocycles. The van der Waals surface area contributed by atoms with Gasteiger partial charge >= 0.3 is 0 Å². The smallest absolute Gasteiger partial charge is 0.254 e.